The zero-order valence-corrected chi connectivity index (χ0v) is 8.40. The summed E-state index contributed by atoms with van der Waals surface area (Å²) in [6.07, 6.45) is 0.809. The smallest absolute Gasteiger partial charge is 0.142 e. The molecule has 70 valence electrons. The first kappa shape index (κ1) is 9.13. The molecule has 2 N–H and O–H groups in total. The highest BCUT2D eigenvalue weighted by Gasteiger charge is 2.20. The van der Waals surface area contributed by atoms with Crippen molar-refractivity contribution in [3.63, 3.8) is 0 Å². The van der Waals surface area contributed by atoms with E-state index in [1.807, 2.05) is 6.07 Å². The van der Waals surface area contributed by atoms with Crippen molar-refractivity contribution < 1.29 is 4.74 Å². The van der Waals surface area contributed by atoms with Gasteiger partial charge in [-0.3, -0.25) is 0 Å². The van der Waals surface area contributed by atoms with Gasteiger partial charge in [-0.2, -0.15) is 0 Å². The van der Waals surface area contributed by atoms with Gasteiger partial charge in [-0.05, 0) is 12.1 Å². The summed E-state index contributed by atoms with van der Waals surface area (Å²) in [5.41, 5.74) is 6.79. The maximum Gasteiger partial charge on any atom is 0.142 e. The number of halogens is 2. The van der Waals surface area contributed by atoms with E-state index in [1.165, 1.54) is 0 Å². The molecule has 1 aromatic carbocycles. The summed E-state index contributed by atoms with van der Waals surface area (Å²) in [5.74, 6) is 0.685. The molecule has 0 saturated heterocycles. The van der Waals surface area contributed by atoms with Gasteiger partial charge in [-0.1, -0.05) is 23.2 Å². The molecule has 1 unspecified atom stereocenters. The largest absolute Gasteiger partial charge is 0.492 e. The van der Waals surface area contributed by atoms with Crippen LogP contribution in [-0.4, -0.2) is 6.61 Å². The summed E-state index contributed by atoms with van der Waals surface area (Å²) in [6.45, 7) is 0.621. The van der Waals surface area contributed by atoms with Crippen LogP contribution in [0.1, 0.15) is 18.0 Å². The molecule has 1 aliphatic heterocycles. The summed E-state index contributed by atoms with van der Waals surface area (Å²) < 4.78 is 5.41. The normalized spacial score (nSPS) is 20.7. The van der Waals surface area contributed by atoms with Gasteiger partial charge in [0.2, 0.25) is 0 Å². The fourth-order valence-corrected chi connectivity index (χ4v) is 2.02. The monoisotopic (exact) mass is 217 g/mol. The van der Waals surface area contributed by atoms with Crippen LogP contribution in [0.3, 0.4) is 0 Å². The van der Waals surface area contributed by atoms with E-state index in [0.29, 0.717) is 22.4 Å². The lowest BCUT2D eigenvalue weighted by molar-refractivity contribution is 0.269. The van der Waals surface area contributed by atoms with Gasteiger partial charge < -0.3 is 10.5 Å². The third kappa shape index (κ3) is 1.62. The standard InChI is InChI=1S/C9H9Cl2NO/c10-5-3-6-8(12)1-2-13-9(6)7(11)4-5/h3-4,8H,1-2,12H2. The second-order valence-corrected chi connectivity index (χ2v) is 3.89. The molecule has 1 aromatic rings. The summed E-state index contributed by atoms with van der Waals surface area (Å²) in [5, 5.41) is 1.14. The highest BCUT2D eigenvalue weighted by atomic mass is 35.5. The molecule has 1 atom stereocenters. The molecule has 2 rings (SSSR count). The Labute approximate surface area is 86.6 Å². The second-order valence-electron chi connectivity index (χ2n) is 3.05. The zero-order valence-electron chi connectivity index (χ0n) is 6.89. The summed E-state index contributed by atoms with van der Waals surface area (Å²) in [6, 6.07) is 3.46. The van der Waals surface area contributed by atoms with Gasteiger partial charge in [0.15, 0.2) is 0 Å². The molecule has 0 bridgehead atoms. The average molecular weight is 218 g/mol. The Hall–Kier alpha value is -0.440. The Bertz CT molecular complexity index is 341. The van der Waals surface area contributed by atoms with Gasteiger partial charge >= 0.3 is 0 Å². The van der Waals surface area contributed by atoms with E-state index in [2.05, 4.69) is 0 Å². The van der Waals surface area contributed by atoms with Crippen LogP contribution in [0.4, 0.5) is 0 Å². The summed E-state index contributed by atoms with van der Waals surface area (Å²) in [4.78, 5) is 0. The van der Waals surface area contributed by atoms with Crippen molar-refractivity contribution in [3.8, 4) is 5.75 Å². The minimum Gasteiger partial charge on any atom is -0.492 e. The van der Waals surface area contributed by atoms with E-state index < -0.39 is 0 Å². The first-order valence-electron chi connectivity index (χ1n) is 4.06. The molecule has 1 heterocycles. The van der Waals surface area contributed by atoms with Gasteiger partial charge in [0.1, 0.15) is 5.75 Å². The van der Waals surface area contributed by atoms with Crippen LogP contribution in [0.2, 0.25) is 10.0 Å². The van der Waals surface area contributed by atoms with Gasteiger partial charge in [0.25, 0.3) is 0 Å². The first-order valence-corrected chi connectivity index (χ1v) is 4.81. The van der Waals surface area contributed by atoms with Crippen molar-refractivity contribution in [3.05, 3.63) is 27.7 Å². The lowest BCUT2D eigenvalue weighted by Gasteiger charge is -2.23. The summed E-state index contributed by atoms with van der Waals surface area (Å²) >= 11 is 11.8. The molecule has 2 nitrogen and oxygen atoms in total. The lowest BCUT2D eigenvalue weighted by Crippen LogP contribution is -2.20. The Morgan fingerprint density at radius 2 is 2.15 bits per heavy atom. The van der Waals surface area contributed by atoms with Crippen molar-refractivity contribution in [1.29, 1.82) is 0 Å². The minimum absolute atomic E-state index is 0.0139. The van der Waals surface area contributed by atoms with Crippen molar-refractivity contribution in [2.45, 2.75) is 12.5 Å². The maximum atomic E-state index is 5.95. The SMILES string of the molecule is NC1CCOc2c(Cl)cc(Cl)cc21. The van der Waals surface area contributed by atoms with Gasteiger partial charge in [-0.15, -0.1) is 0 Å². The van der Waals surface area contributed by atoms with Crippen molar-refractivity contribution in [2.24, 2.45) is 5.73 Å². The quantitative estimate of drug-likeness (QED) is 0.726. The predicted molar refractivity (Wildman–Crippen MR) is 53.5 cm³/mol. The van der Waals surface area contributed by atoms with E-state index in [4.69, 9.17) is 33.7 Å². The van der Waals surface area contributed by atoms with Crippen LogP contribution in [0.15, 0.2) is 12.1 Å². The number of benzene rings is 1. The lowest BCUT2D eigenvalue weighted by atomic mass is 10.0. The highest BCUT2D eigenvalue weighted by Crippen LogP contribution is 2.38. The Kier molecular flexibility index (Phi) is 2.37. The van der Waals surface area contributed by atoms with Gasteiger partial charge in [0, 0.05) is 23.0 Å². The van der Waals surface area contributed by atoms with E-state index in [1.54, 1.807) is 6.07 Å². The number of hydrogen-bond acceptors (Lipinski definition) is 2. The molecular weight excluding hydrogens is 209 g/mol. The summed E-state index contributed by atoms with van der Waals surface area (Å²) in [7, 11) is 0. The highest BCUT2D eigenvalue weighted by molar-refractivity contribution is 6.35. The molecule has 13 heavy (non-hydrogen) atoms. The van der Waals surface area contributed by atoms with E-state index >= 15 is 0 Å². The van der Waals surface area contributed by atoms with E-state index in [9.17, 15) is 0 Å². The van der Waals surface area contributed by atoms with E-state index in [-0.39, 0.29) is 6.04 Å². The fraction of sp³-hybridized carbons (Fsp3) is 0.333. The topological polar surface area (TPSA) is 35.2 Å². The van der Waals surface area contributed by atoms with Crippen LogP contribution in [0, 0.1) is 0 Å². The van der Waals surface area contributed by atoms with E-state index in [0.717, 1.165) is 12.0 Å². The van der Waals surface area contributed by atoms with Crippen LogP contribution < -0.4 is 10.5 Å². The average Bonchev–Trinajstić information content (AvgIpc) is 2.07. The second kappa shape index (κ2) is 3.37. The van der Waals surface area contributed by atoms with Crippen LogP contribution in [-0.2, 0) is 0 Å². The predicted octanol–water partition coefficient (Wildman–Crippen LogP) is 2.78. The third-order valence-electron chi connectivity index (χ3n) is 2.11. The van der Waals surface area contributed by atoms with Crippen molar-refractivity contribution in [2.75, 3.05) is 6.61 Å². The zero-order chi connectivity index (χ0) is 9.42. The number of fused-ring (bicyclic) bond motifs is 1. The maximum absolute atomic E-state index is 5.95. The van der Waals surface area contributed by atoms with Crippen molar-refractivity contribution in [1.82, 2.24) is 0 Å². The Morgan fingerprint density at radius 1 is 1.38 bits per heavy atom. The molecule has 0 spiro atoms. The third-order valence-corrected chi connectivity index (χ3v) is 2.61. The molecule has 0 saturated carbocycles. The number of hydrogen-bond donors (Lipinski definition) is 1. The van der Waals surface area contributed by atoms with Crippen LogP contribution in [0.5, 0.6) is 5.75 Å². The van der Waals surface area contributed by atoms with Crippen LogP contribution in [0.25, 0.3) is 0 Å². The molecule has 0 aliphatic carbocycles. The fourth-order valence-electron chi connectivity index (χ4n) is 1.45. The minimum atomic E-state index is -0.0139. The van der Waals surface area contributed by atoms with Crippen molar-refractivity contribution >= 4 is 23.2 Å². The molecule has 0 amide bonds. The molecule has 0 aromatic heterocycles. The number of rotatable bonds is 0. The Balaban J connectivity index is 2.56. The number of nitrogens with two attached hydrogens (primary N) is 1. The molecule has 0 radical (unpaired) electrons. The molecular formula is C9H9Cl2NO. The molecule has 1 aliphatic rings. The van der Waals surface area contributed by atoms with Crippen LogP contribution >= 0.6 is 23.2 Å². The first-order chi connectivity index (χ1) is 6.18. The number of ether oxygens (including phenoxy) is 1. The van der Waals surface area contributed by atoms with Gasteiger partial charge in [0.05, 0.1) is 11.6 Å². The molecule has 4 heteroatoms. The molecule has 0 fully saturated rings. The van der Waals surface area contributed by atoms with Gasteiger partial charge in [-0.25, -0.2) is 0 Å². The Morgan fingerprint density at radius 3 is 2.92 bits per heavy atom.